The van der Waals surface area contributed by atoms with Gasteiger partial charge in [-0.15, -0.1) is 20.6 Å². The third kappa shape index (κ3) is 5.09. The number of fused-ring (bicyclic) bond motifs is 1. The number of hydrogen-bond acceptors (Lipinski definition) is 10. The number of carbonyl (C=O) groups is 1. The van der Waals surface area contributed by atoms with Crippen LogP contribution in [0, 0.1) is 0 Å². The molecule has 5 rings (SSSR count). The fraction of sp³-hybridized carbons (Fsp3) is 0.409. The molecule has 2 fully saturated rings. The Morgan fingerprint density at radius 2 is 2.05 bits per heavy atom. The number of nitrogens with one attached hydrogen (secondary N) is 1. The van der Waals surface area contributed by atoms with Gasteiger partial charge in [0.1, 0.15) is 6.04 Å². The summed E-state index contributed by atoms with van der Waals surface area (Å²) in [6, 6.07) is 3.38. The molecule has 0 amide bonds. The van der Waals surface area contributed by atoms with Crippen molar-refractivity contribution in [2.24, 2.45) is 4.99 Å². The van der Waals surface area contributed by atoms with Crippen LogP contribution < -0.4 is 10.0 Å². The topological polar surface area (TPSA) is 135 Å². The average Bonchev–Trinajstić information content (AvgIpc) is 3.39. The van der Waals surface area contributed by atoms with Gasteiger partial charge < -0.3 is 9.64 Å². The van der Waals surface area contributed by atoms with Gasteiger partial charge in [0, 0.05) is 46.9 Å². The quantitative estimate of drug-likeness (QED) is 0.376. The standard InChI is InChI=1S/C22H24ClN4O6PS3/c1-2-33-20(28)18-17-9-12(26-37(31,32)14-4-5-14)11-27(17)21(36(29,30)22-24-7-8-35-22)25-19(18)15-6-3-13(34)10-16(15)23/h3,6-8,10,12,14,19,26H,2,4-5,9,11,34H2,1H3/t12-,19-/m0/s1. The number of amidine groups is 1. The number of hydrogen-bond donors (Lipinski definition) is 1. The van der Waals surface area contributed by atoms with Crippen LogP contribution >= 0.6 is 32.2 Å². The van der Waals surface area contributed by atoms with Gasteiger partial charge >= 0.3 is 5.97 Å². The Morgan fingerprint density at radius 3 is 2.68 bits per heavy atom. The smallest absolute Gasteiger partial charge is 0.338 e. The van der Waals surface area contributed by atoms with Crippen LogP contribution in [-0.4, -0.2) is 62.3 Å². The van der Waals surface area contributed by atoms with E-state index in [0.29, 0.717) is 29.1 Å². The number of esters is 1. The van der Waals surface area contributed by atoms with Gasteiger partial charge in [0.25, 0.3) is 9.84 Å². The van der Waals surface area contributed by atoms with E-state index in [-0.39, 0.29) is 34.7 Å². The van der Waals surface area contributed by atoms with Crippen molar-refractivity contribution >= 4 is 68.5 Å². The van der Waals surface area contributed by atoms with E-state index in [4.69, 9.17) is 16.3 Å². The molecule has 37 heavy (non-hydrogen) atoms. The molecule has 3 atom stereocenters. The number of carbonyl (C=O) groups excluding carboxylic acids is 1. The summed E-state index contributed by atoms with van der Waals surface area (Å²) in [4.78, 5) is 23.2. The highest BCUT2D eigenvalue weighted by atomic mass is 35.5. The maximum absolute atomic E-state index is 13.7. The number of nitrogens with zero attached hydrogens (tertiary/aromatic N) is 3. The summed E-state index contributed by atoms with van der Waals surface area (Å²) in [5, 5.41) is 1.88. The highest BCUT2D eigenvalue weighted by Gasteiger charge is 2.47. The normalized spacial score (nSPS) is 22.1. The molecule has 3 heterocycles. The summed E-state index contributed by atoms with van der Waals surface area (Å²) in [6.45, 7) is 1.74. The molecule has 1 aromatic heterocycles. The highest BCUT2D eigenvalue weighted by molar-refractivity contribution is 8.07. The van der Waals surface area contributed by atoms with Crippen LogP contribution in [0.15, 0.2) is 50.4 Å². The molecule has 0 bridgehead atoms. The monoisotopic (exact) mass is 602 g/mol. The number of rotatable bonds is 7. The van der Waals surface area contributed by atoms with Crippen molar-refractivity contribution in [3.63, 3.8) is 0 Å². The van der Waals surface area contributed by atoms with E-state index >= 15 is 0 Å². The van der Waals surface area contributed by atoms with Crippen molar-refractivity contribution in [1.29, 1.82) is 0 Å². The Labute approximate surface area is 226 Å². The minimum atomic E-state index is -4.19. The Hall–Kier alpha value is -1.89. The molecule has 198 valence electrons. The lowest BCUT2D eigenvalue weighted by atomic mass is 9.95. The van der Waals surface area contributed by atoms with E-state index in [2.05, 4.69) is 23.9 Å². The largest absolute Gasteiger partial charge is 0.463 e. The van der Waals surface area contributed by atoms with Gasteiger partial charge in [-0.05, 0) is 31.1 Å². The van der Waals surface area contributed by atoms with Gasteiger partial charge in [0.2, 0.25) is 19.5 Å². The summed E-state index contributed by atoms with van der Waals surface area (Å²) >= 11 is 7.49. The fourth-order valence-corrected chi connectivity index (χ4v) is 9.00. The molecule has 2 aliphatic heterocycles. The summed E-state index contributed by atoms with van der Waals surface area (Å²) in [6.07, 6.45) is 2.63. The zero-order chi connectivity index (χ0) is 26.5. The summed E-state index contributed by atoms with van der Waals surface area (Å²) < 4.78 is 60.6. The third-order valence-corrected chi connectivity index (χ3v) is 11.8. The van der Waals surface area contributed by atoms with E-state index in [9.17, 15) is 21.6 Å². The van der Waals surface area contributed by atoms with Crippen LogP contribution in [0.4, 0.5) is 0 Å². The Morgan fingerprint density at radius 1 is 1.30 bits per heavy atom. The summed E-state index contributed by atoms with van der Waals surface area (Å²) in [5.74, 6) is -0.668. The van der Waals surface area contributed by atoms with Crippen molar-refractivity contribution in [2.45, 2.75) is 47.9 Å². The second kappa shape index (κ2) is 10.0. The Balaban J connectivity index is 1.67. The van der Waals surface area contributed by atoms with Crippen molar-refractivity contribution in [2.75, 3.05) is 13.2 Å². The van der Waals surface area contributed by atoms with Crippen LogP contribution in [0.1, 0.15) is 37.8 Å². The van der Waals surface area contributed by atoms with Crippen molar-refractivity contribution in [3.05, 3.63) is 51.6 Å². The number of halogens is 1. The predicted molar refractivity (Wildman–Crippen MR) is 144 cm³/mol. The predicted octanol–water partition coefficient (Wildman–Crippen LogP) is 2.15. The van der Waals surface area contributed by atoms with Crippen LogP contribution in [0.25, 0.3) is 0 Å². The lowest BCUT2D eigenvalue weighted by Crippen LogP contribution is -2.42. The molecule has 1 aromatic carbocycles. The molecule has 15 heteroatoms. The number of ether oxygens (including phenoxy) is 1. The highest BCUT2D eigenvalue weighted by Crippen LogP contribution is 2.43. The van der Waals surface area contributed by atoms with Crippen LogP contribution in [0.5, 0.6) is 0 Å². The Kier molecular flexibility index (Phi) is 7.23. The minimum Gasteiger partial charge on any atom is -0.463 e. The molecule has 1 saturated heterocycles. The first kappa shape index (κ1) is 26.7. The lowest BCUT2D eigenvalue weighted by Gasteiger charge is -2.31. The average molecular weight is 603 g/mol. The van der Waals surface area contributed by atoms with Gasteiger partial charge in [-0.25, -0.2) is 36.3 Å². The number of sulfonamides is 1. The number of benzene rings is 1. The Bertz CT molecular complexity index is 1520. The SMILES string of the molecule is CCOC(=O)C1=C2C[C@H](NS(=O)(=O)C3CC3)CN2C(S(=O)(=O)c2nccs2)=N[C@H]1c1ccc(P)cc1Cl. The summed E-state index contributed by atoms with van der Waals surface area (Å²) in [7, 11) is -5.24. The van der Waals surface area contributed by atoms with Gasteiger partial charge in [-0.1, -0.05) is 23.7 Å². The van der Waals surface area contributed by atoms with Gasteiger partial charge in [0.05, 0.1) is 17.4 Å². The van der Waals surface area contributed by atoms with Crippen molar-refractivity contribution < 1.29 is 26.4 Å². The summed E-state index contributed by atoms with van der Waals surface area (Å²) in [5.41, 5.74) is 0.895. The third-order valence-electron chi connectivity index (χ3n) is 6.21. The van der Waals surface area contributed by atoms with E-state index in [1.54, 1.807) is 30.5 Å². The first-order valence-corrected chi connectivity index (χ1v) is 16.4. The molecule has 3 aliphatic rings. The molecule has 0 radical (unpaired) electrons. The number of thiazole rings is 1. The maximum Gasteiger partial charge on any atom is 0.338 e. The molecule has 1 aliphatic carbocycles. The minimum absolute atomic E-state index is 0.0153. The zero-order valence-corrected chi connectivity index (χ0v) is 24.0. The van der Waals surface area contributed by atoms with Gasteiger partial charge in [-0.3, -0.25) is 0 Å². The molecule has 2 aromatic rings. The lowest BCUT2D eigenvalue weighted by molar-refractivity contribution is -0.139. The van der Waals surface area contributed by atoms with E-state index in [1.165, 1.54) is 11.1 Å². The molecular formula is C22H24ClN4O6PS3. The van der Waals surface area contributed by atoms with Crippen molar-refractivity contribution in [3.8, 4) is 0 Å². The fourth-order valence-electron chi connectivity index (χ4n) is 4.44. The molecule has 1 saturated carbocycles. The van der Waals surface area contributed by atoms with E-state index in [1.807, 2.05) is 0 Å². The first-order valence-electron chi connectivity index (χ1n) is 11.5. The zero-order valence-electron chi connectivity index (χ0n) is 19.6. The van der Waals surface area contributed by atoms with Crippen LogP contribution in [0.2, 0.25) is 5.02 Å². The second-order valence-corrected chi connectivity index (χ2v) is 14.8. The van der Waals surface area contributed by atoms with Gasteiger partial charge in [-0.2, -0.15) is 0 Å². The molecule has 1 unspecified atom stereocenters. The maximum atomic E-state index is 13.7. The molecule has 1 N–H and O–H groups in total. The number of aliphatic imine (C=N–C) groups is 1. The second-order valence-electron chi connectivity index (χ2n) is 8.85. The molecular weight excluding hydrogens is 579 g/mol. The molecule has 0 spiro atoms. The number of aromatic nitrogens is 1. The first-order chi connectivity index (χ1) is 17.5. The molecule has 10 nitrogen and oxygen atoms in total. The van der Waals surface area contributed by atoms with Crippen LogP contribution in [-0.2, 0) is 29.4 Å². The van der Waals surface area contributed by atoms with Crippen LogP contribution in [0.3, 0.4) is 0 Å². The van der Waals surface area contributed by atoms with E-state index < -0.39 is 43.2 Å². The van der Waals surface area contributed by atoms with E-state index in [0.717, 1.165) is 16.6 Å². The number of sulfone groups is 1. The van der Waals surface area contributed by atoms with Gasteiger partial charge in [0.15, 0.2) is 0 Å². The van der Waals surface area contributed by atoms with Crippen molar-refractivity contribution in [1.82, 2.24) is 14.6 Å².